The molecule has 2 aromatic rings. The molecule has 0 unspecified atom stereocenters. The second-order valence-corrected chi connectivity index (χ2v) is 7.86. The van der Waals surface area contributed by atoms with E-state index in [4.69, 9.17) is 10.6 Å². The van der Waals surface area contributed by atoms with Crippen LogP contribution in [0.25, 0.3) is 0 Å². The van der Waals surface area contributed by atoms with Gasteiger partial charge in [0.25, 0.3) is 0 Å². The van der Waals surface area contributed by atoms with Gasteiger partial charge in [-0.05, 0) is 54.8 Å². The molecule has 0 radical (unpaired) electrons. The number of rotatable bonds is 11. The van der Waals surface area contributed by atoms with Crippen molar-refractivity contribution in [3.05, 3.63) is 54.1 Å². The molecule has 0 heterocycles. The number of aryl methyl sites for hydroxylation is 1. The number of hydrogen-bond donors (Lipinski definition) is 1. The van der Waals surface area contributed by atoms with Crippen LogP contribution >= 0.6 is 0 Å². The van der Waals surface area contributed by atoms with E-state index in [1.54, 1.807) is 12.1 Å². The van der Waals surface area contributed by atoms with Crippen LogP contribution in [0, 0.1) is 0 Å². The van der Waals surface area contributed by atoms with Crippen LogP contribution in [0.1, 0.15) is 51.0 Å². The summed E-state index contributed by atoms with van der Waals surface area (Å²) in [5.74, 6) is 6.02. The third kappa shape index (κ3) is 6.44. The van der Waals surface area contributed by atoms with Crippen molar-refractivity contribution >= 4 is 10.1 Å². The molecule has 26 heavy (non-hydrogen) atoms. The van der Waals surface area contributed by atoms with Gasteiger partial charge in [-0.1, -0.05) is 51.2 Å². The Morgan fingerprint density at radius 1 is 0.808 bits per heavy atom. The Morgan fingerprint density at radius 3 is 1.92 bits per heavy atom. The molecule has 0 aliphatic rings. The molecule has 0 aromatic heterocycles. The van der Waals surface area contributed by atoms with E-state index >= 15 is 0 Å². The SMILES string of the molecule is CCCCCCCCc1ccc(Oc2ccc(S(=O)(=O)ON)cc2)cc1. The monoisotopic (exact) mass is 377 g/mol. The van der Waals surface area contributed by atoms with Gasteiger partial charge in [0.15, 0.2) is 0 Å². The molecular weight excluding hydrogens is 350 g/mol. The smallest absolute Gasteiger partial charge is 0.312 e. The van der Waals surface area contributed by atoms with Gasteiger partial charge in [-0.15, -0.1) is 0 Å². The van der Waals surface area contributed by atoms with Crippen molar-refractivity contribution in [1.29, 1.82) is 0 Å². The van der Waals surface area contributed by atoms with Gasteiger partial charge in [-0.2, -0.15) is 18.6 Å². The number of benzene rings is 2. The summed E-state index contributed by atoms with van der Waals surface area (Å²) in [7, 11) is -3.89. The highest BCUT2D eigenvalue weighted by molar-refractivity contribution is 7.86. The van der Waals surface area contributed by atoms with Crippen LogP contribution in [0.2, 0.25) is 0 Å². The fourth-order valence-electron chi connectivity index (χ4n) is 2.70. The molecule has 0 saturated heterocycles. The second-order valence-electron chi connectivity index (χ2n) is 6.29. The van der Waals surface area contributed by atoms with Gasteiger partial charge in [0, 0.05) is 0 Å². The fraction of sp³-hybridized carbons (Fsp3) is 0.400. The first-order chi connectivity index (χ1) is 12.5. The predicted octanol–water partition coefficient (Wildman–Crippen LogP) is 4.96. The lowest BCUT2D eigenvalue weighted by molar-refractivity contribution is 0.333. The van der Waals surface area contributed by atoms with E-state index in [0.29, 0.717) is 11.5 Å². The standard InChI is InChI=1S/C20H27NO4S/c1-2-3-4-5-6-7-8-17-9-11-18(12-10-17)24-19-13-15-20(16-14-19)26(22,23)25-21/h9-16H,2-8,21H2,1H3. The summed E-state index contributed by atoms with van der Waals surface area (Å²) in [6, 6.07) is 13.9. The Bertz CT molecular complexity index is 755. The summed E-state index contributed by atoms with van der Waals surface area (Å²) in [6.07, 6.45) is 8.83. The number of nitrogens with two attached hydrogens (primary N) is 1. The van der Waals surface area contributed by atoms with Crippen molar-refractivity contribution < 1.29 is 17.4 Å². The van der Waals surface area contributed by atoms with Crippen LogP contribution in [0.3, 0.4) is 0 Å². The molecule has 0 bridgehead atoms. The highest BCUT2D eigenvalue weighted by Gasteiger charge is 2.13. The maximum absolute atomic E-state index is 11.5. The molecule has 0 spiro atoms. The molecular formula is C20H27NO4S. The Morgan fingerprint density at radius 2 is 1.35 bits per heavy atom. The Kier molecular flexibility index (Phi) is 8.09. The zero-order valence-corrected chi connectivity index (χ0v) is 16.0. The molecule has 6 heteroatoms. The van der Waals surface area contributed by atoms with Gasteiger partial charge in [-0.3, -0.25) is 0 Å². The van der Waals surface area contributed by atoms with Crippen molar-refractivity contribution in [3.8, 4) is 11.5 Å². The molecule has 2 rings (SSSR count). The predicted molar refractivity (Wildman–Crippen MR) is 102 cm³/mol. The Balaban J connectivity index is 1.83. The molecule has 5 nitrogen and oxygen atoms in total. The summed E-state index contributed by atoms with van der Waals surface area (Å²) in [5, 5.41) is 0. The van der Waals surface area contributed by atoms with Crippen molar-refractivity contribution in [2.45, 2.75) is 56.8 Å². The highest BCUT2D eigenvalue weighted by Crippen LogP contribution is 2.24. The minimum Gasteiger partial charge on any atom is -0.457 e. The molecule has 0 aliphatic carbocycles. The third-order valence-corrected chi connectivity index (χ3v) is 5.32. The summed E-state index contributed by atoms with van der Waals surface area (Å²) in [6.45, 7) is 2.23. The first kappa shape index (κ1) is 20.4. The molecule has 142 valence electrons. The summed E-state index contributed by atoms with van der Waals surface area (Å²) in [5.41, 5.74) is 1.30. The lowest BCUT2D eigenvalue weighted by Gasteiger charge is -2.08. The van der Waals surface area contributed by atoms with E-state index < -0.39 is 10.1 Å². The number of hydrogen-bond acceptors (Lipinski definition) is 5. The summed E-state index contributed by atoms with van der Waals surface area (Å²) in [4.78, 5) is -0.0124. The van der Waals surface area contributed by atoms with E-state index in [-0.39, 0.29) is 4.90 Å². The van der Waals surface area contributed by atoms with Crippen LogP contribution in [0.15, 0.2) is 53.4 Å². The van der Waals surface area contributed by atoms with Crippen molar-refractivity contribution in [2.24, 2.45) is 5.90 Å². The largest absolute Gasteiger partial charge is 0.457 e. The average Bonchev–Trinajstić information content (AvgIpc) is 2.66. The fourth-order valence-corrected chi connectivity index (χ4v) is 3.28. The van der Waals surface area contributed by atoms with Gasteiger partial charge in [0.05, 0.1) is 4.90 Å². The first-order valence-corrected chi connectivity index (χ1v) is 10.5. The number of unbranched alkanes of at least 4 members (excludes halogenated alkanes) is 5. The van der Waals surface area contributed by atoms with Crippen LogP contribution in [0.5, 0.6) is 11.5 Å². The minimum atomic E-state index is -3.89. The van der Waals surface area contributed by atoms with Gasteiger partial charge in [-0.25, -0.2) is 0 Å². The zero-order chi connectivity index (χ0) is 18.8. The van der Waals surface area contributed by atoms with Crippen LogP contribution in [0.4, 0.5) is 0 Å². The van der Waals surface area contributed by atoms with Crippen molar-refractivity contribution in [2.75, 3.05) is 0 Å². The summed E-state index contributed by atoms with van der Waals surface area (Å²) < 4.78 is 32.7. The molecule has 2 aromatic carbocycles. The average molecular weight is 378 g/mol. The summed E-state index contributed by atoms with van der Waals surface area (Å²) >= 11 is 0. The molecule has 0 fully saturated rings. The van der Waals surface area contributed by atoms with Crippen LogP contribution in [-0.4, -0.2) is 8.42 Å². The lowest BCUT2D eigenvalue weighted by atomic mass is 10.0. The number of ether oxygens (including phenoxy) is 1. The molecule has 0 atom stereocenters. The van der Waals surface area contributed by atoms with Gasteiger partial charge >= 0.3 is 10.1 Å². The first-order valence-electron chi connectivity index (χ1n) is 9.05. The van der Waals surface area contributed by atoms with Crippen molar-refractivity contribution in [1.82, 2.24) is 0 Å². The normalized spacial score (nSPS) is 11.5. The Labute approximate surface area is 156 Å². The molecule has 0 amide bonds. The van der Waals surface area contributed by atoms with E-state index in [9.17, 15) is 8.42 Å². The lowest BCUT2D eigenvalue weighted by Crippen LogP contribution is -2.10. The molecule has 0 saturated carbocycles. The van der Waals surface area contributed by atoms with Crippen LogP contribution in [-0.2, 0) is 20.8 Å². The maximum atomic E-state index is 11.5. The maximum Gasteiger partial charge on any atom is 0.312 e. The minimum absolute atomic E-state index is 0.0124. The van der Waals surface area contributed by atoms with Gasteiger partial charge in [0.2, 0.25) is 0 Å². The third-order valence-electron chi connectivity index (χ3n) is 4.22. The zero-order valence-electron chi connectivity index (χ0n) is 15.2. The van der Waals surface area contributed by atoms with E-state index in [2.05, 4.69) is 23.3 Å². The van der Waals surface area contributed by atoms with E-state index in [0.717, 1.165) is 6.42 Å². The topological polar surface area (TPSA) is 78.6 Å². The quantitative estimate of drug-likeness (QED) is 0.442. The Hall–Kier alpha value is -1.89. The molecule has 0 aliphatic heterocycles. The van der Waals surface area contributed by atoms with Gasteiger partial charge < -0.3 is 4.74 Å². The second kappa shape index (κ2) is 10.3. The van der Waals surface area contributed by atoms with E-state index in [1.165, 1.54) is 56.2 Å². The van der Waals surface area contributed by atoms with Crippen LogP contribution < -0.4 is 10.6 Å². The van der Waals surface area contributed by atoms with Gasteiger partial charge in [0.1, 0.15) is 11.5 Å². The van der Waals surface area contributed by atoms with Crippen molar-refractivity contribution in [3.63, 3.8) is 0 Å². The van der Waals surface area contributed by atoms with E-state index in [1.807, 2.05) is 12.1 Å². The molecule has 2 N–H and O–H groups in total. The highest BCUT2D eigenvalue weighted by atomic mass is 32.2.